The van der Waals surface area contributed by atoms with Gasteiger partial charge in [-0.15, -0.1) is 0 Å². The van der Waals surface area contributed by atoms with Crippen molar-refractivity contribution in [3.8, 4) is 0 Å². The fourth-order valence-corrected chi connectivity index (χ4v) is 2.73. The first kappa shape index (κ1) is 14.5. The van der Waals surface area contributed by atoms with E-state index in [9.17, 15) is 14.4 Å². The fraction of sp³-hybridized carbons (Fsp3) is 0.0625. The second-order valence-electron chi connectivity index (χ2n) is 4.90. The molecule has 2 N–H and O–H groups in total. The van der Waals surface area contributed by atoms with E-state index in [1.807, 2.05) is 24.3 Å². The highest BCUT2D eigenvalue weighted by Gasteiger charge is 2.26. The smallest absolute Gasteiger partial charge is 0.259 e. The summed E-state index contributed by atoms with van der Waals surface area (Å²) in [6.07, 6.45) is 0.224. The van der Waals surface area contributed by atoms with Crippen LogP contribution in [0.25, 0.3) is 0 Å². The van der Waals surface area contributed by atoms with Crippen LogP contribution in [-0.4, -0.2) is 17.7 Å². The maximum atomic E-state index is 12.0. The summed E-state index contributed by atoms with van der Waals surface area (Å²) in [7, 11) is 0. The van der Waals surface area contributed by atoms with Crippen molar-refractivity contribution in [1.29, 1.82) is 0 Å². The van der Waals surface area contributed by atoms with E-state index in [4.69, 9.17) is 0 Å². The molecule has 1 aliphatic heterocycles. The average Bonchev–Trinajstić information content (AvgIpc) is 2.73. The molecule has 2 aromatic carbocycles. The number of amides is 3. The number of imide groups is 1. The predicted molar refractivity (Wildman–Crippen MR) is 84.7 cm³/mol. The molecule has 2 aromatic rings. The van der Waals surface area contributed by atoms with E-state index in [2.05, 4.69) is 26.6 Å². The molecule has 0 radical (unpaired) electrons. The molecule has 0 unspecified atom stereocenters. The molecule has 0 bridgehead atoms. The van der Waals surface area contributed by atoms with Crippen LogP contribution in [0.4, 0.5) is 5.69 Å². The molecule has 6 heteroatoms. The van der Waals surface area contributed by atoms with E-state index in [0.717, 1.165) is 10.0 Å². The van der Waals surface area contributed by atoms with Gasteiger partial charge in [0.15, 0.2) is 0 Å². The van der Waals surface area contributed by atoms with Crippen molar-refractivity contribution in [2.45, 2.75) is 6.42 Å². The molecule has 3 rings (SSSR count). The Kier molecular flexibility index (Phi) is 3.77. The minimum absolute atomic E-state index is 0.192. The summed E-state index contributed by atoms with van der Waals surface area (Å²) in [6.45, 7) is 0. The van der Waals surface area contributed by atoms with Gasteiger partial charge >= 0.3 is 0 Å². The number of fused-ring (bicyclic) bond motifs is 1. The second kappa shape index (κ2) is 5.73. The molecule has 0 aliphatic carbocycles. The molecular formula is C16H11BrN2O3. The Morgan fingerprint density at radius 2 is 1.82 bits per heavy atom. The van der Waals surface area contributed by atoms with Gasteiger partial charge in [0.05, 0.1) is 17.5 Å². The third-order valence-corrected chi connectivity index (χ3v) is 3.77. The van der Waals surface area contributed by atoms with Gasteiger partial charge in [-0.25, -0.2) is 0 Å². The highest BCUT2D eigenvalue weighted by atomic mass is 79.9. The Balaban J connectivity index is 1.74. The number of carbonyl (C=O) groups is 3. The molecule has 0 fully saturated rings. The average molecular weight is 359 g/mol. The maximum absolute atomic E-state index is 12.0. The van der Waals surface area contributed by atoms with Crippen molar-refractivity contribution in [2.75, 3.05) is 5.32 Å². The van der Waals surface area contributed by atoms with Gasteiger partial charge in [0.1, 0.15) is 0 Å². The van der Waals surface area contributed by atoms with Gasteiger partial charge in [-0.2, -0.15) is 0 Å². The van der Waals surface area contributed by atoms with E-state index >= 15 is 0 Å². The van der Waals surface area contributed by atoms with Crippen molar-refractivity contribution in [2.24, 2.45) is 0 Å². The summed E-state index contributed by atoms with van der Waals surface area (Å²) in [6, 6.07) is 12.1. The van der Waals surface area contributed by atoms with Gasteiger partial charge in [-0.05, 0) is 35.9 Å². The lowest BCUT2D eigenvalue weighted by molar-refractivity contribution is -0.115. The molecule has 0 aromatic heterocycles. The number of anilines is 1. The van der Waals surface area contributed by atoms with Crippen LogP contribution in [0.15, 0.2) is 46.9 Å². The standard InChI is InChI=1S/C16H11BrN2O3/c17-10-3-1-2-9(6-10)7-14(20)18-11-4-5-12-13(8-11)16(22)19-15(12)21/h1-6,8H,7H2,(H,18,20)(H,19,21,22). The number of nitrogens with one attached hydrogen (secondary N) is 2. The van der Waals surface area contributed by atoms with E-state index in [0.29, 0.717) is 11.3 Å². The highest BCUT2D eigenvalue weighted by molar-refractivity contribution is 9.10. The van der Waals surface area contributed by atoms with Gasteiger partial charge in [0.25, 0.3) is 11.8 Å². The SMILES string of the molecule is O=C(Cc1cccc(Br)c1)Nc1ccc2c(c1)C(=O)NC2=O. The number of hydrogen-bond donors (Lipinski definition) is 2. The lowest BCUT2D eigenvalue weighted by atomic mass is 10.1. The van der Waals surface area contributed by atoms with E-state index in [1.54, 1.807) is 6.07 Å². The zero-order valence-corrected chi connectivity index (χ0v) is 12.9. The largest absolute Gasteiger partial charge is 0.326 e. The predicted octanol–water partition coefficient (Wildman–Crippen LogP) is 2.51. The Morgan fingerprint density at radius 1 is 1.05 bits per heavy atom. The highest BCUT2D eigenvalue weighted by Crippen LogP contribution is 2.20. The quantitative estimate of drug-likeness (QED) is 0.827. The van der Waals surface area contributed by atoms with E-state index in [1.165, 1.54) is 12.1 Å². The van der Waals surface area contributed by atoms with Crippen LogP contribution in [0.1, 0.15) is 26.3 Å². The van der Waals surface area contributed by atoms with Crippen LogP contribution in [0.5, 0.6) is 0 Å². The van der Waals surface area contributed by atoms with Crippen molar-refractivity contribution < 1.29 is 14.4 Å². The van der Waals surface area contributed by atoms with Crippen LogP contribution >= 0.6 is 15.9 Å². The molecule has 3 amide bonds. The minimum Gasteiger partial charge on any atom is -0.326 e. The van der Waals surface area contributed by atoms with Crippen molar-refractivity contribution >= 4 is 39.3 Å². The van der Waals surface area contributed by atoms with Crippen LogP contribution < -0.4 is 10.6 Å². The summed E-state index contributed by atoms with van der Waals surface area (Å²) >= 11 is 3.36. The van der Waals surface area contributed by atoms with Crippen LogP contribution in [0.2, 0.25) is 0 Å². The normalized spacial score (nSPS) is 12.8. The van der Waals surface area contributed by atoms with E-state index < -0.39 is 11.8 Å². The summed E-state index contributed by atoms with van der Waals surface area (Å²) in [5.41, 5.74) is 1.98. The second-order valence-corrected chi connectivity index (χ2v) is 5.81. The monoisotopic (exact) mass is 358 g/mol. The third kappa shape index (κ3) is 2.92. The van der Waals surface area contributed by atoms with Gasteiger partial charge < -0.3 is 5.32 Å². The molecular weight excluding hydrogens is 348 g/mol. The lowest BCUT2D eigenvalue weighted by Gasteiger charge is -2.06. The first-order chi connectivity index (χ1) is 10.5. The number of rotatable bonds is 3. The van der Waals surface area contributed by atoms with Gasteiger partial charge in [0, 0.05) is 10.2 Å². The Labute approximate surface area is 134 Å². The van der Waals surface area contributed by atoms with E-state index in [-0.39, 0.29) is 17.9 Å². The molecule has 0 saturated carbocycles. The lowest BCUT2D eigenvalue weighted by Crippen LogP contribution is -2.19. The van der Waals surface area contributed by atoms with Crippen molar-refractivity contribution in [3.63, 3.8) is 0 Å². The number of halogens is 1. The zero-order chi connectivity index (χ0) is 15.7. The molecule has 22 heavy (non-hydrogen) atoms. The summed E-state index contributed by atoms with van der Waals surface area (Å²) in [4.78, 5) is 35.1. The van der Waals surface area contributed by atoms with Gasteiger partial charge in [-0.1, -0.05) is 28.1 Å². The molecule has 0 saturated heterocycles. The summed E-state index contributed by atoms with van der Waals surface area (Å²) < 4.78 is 0.908. The number of hydrogen-bond acceptors (Lipinski definition) is 3. The summed E-state index contributed by atoms with van der Waals surface area (Å²) in [5, 5.41) is 4.94. The Bertz CT molecular complexity index is 802. The Morgan fingerprint density at radius 3 is 2.59 bits per heavy atom. The van der Waals surface area contributed by atoms with Crippen LogP contribution in [0.3, 0.4) is 0 Å². The Hall–Kier alpha value is -2.47. The first-order valence-electron chi connectivity index (χ1n) is 6.57. The number of benzene rings is 2. The molecule has 0 spiro atoms. The van der Waals surface area contributed by atoms with Crippen LogP contribution in [-0.2, 0) is 11.2 Å². The van der Waals surface area contributed by atoms with Gasteiger partial charge in [-0.3, -0.25) is 19.7 Å². The topological polar surface area (TPSA) is 75.3 Å². The third-order valence-electron chi connectivity index (χ3n) is 3.27. The maximum Gasteiger partial charge on any atom is 0.259 e. The molecule has 110 valence electrons. The zero-order valence-electron chi connectivity index (χ0n) is 11.4. The number of carbonyl (C=O) groups excluding carboxylic acids is 3. The molecule has 1 aliphatic rings. The molecule has 5 nitrogen and oxygen atoms in total. The van der Waals surface area contributed by atoms with Crippen molar-refractivity contribution in [3.05, 3.63) is 63.6 Å². The first-order valence-corrected chi connectivity index (χ1v) is 7.36. The van der Waals surface area contributed by atoms with Gasteiger partial charge in [0.2, 0.25) is 5.91 Å². The fourth-order valence-electron chi connectivity index (χ4n) is 2.28. The van der Waals surface area contributed by atoms with Crippen LogP contribution in [0, 0.1) is 0 Å². The summed E-state index contributed by atoms with van der Waals surface area (Å²) in [5.74, 6) is -1.04. The minimum atomic E-state index is -0.442. The molecule has 0 atom stereocenters. The van der Waals surface area contributed by atoms with Crippen molar-refractivity contribution in [1.82, 2.24) is 5.32 Å². The molecule has 1 heterocycles.